The van der Waals surface area contributed by atoms with Gasteiger partial charge in [0.1, 0.15) is 23.6 Å². The van der Waals surface area contributed by atoms with Gasteiger partial charge in [-0.1, -0.05) is 72.8 Å². The van der Waals surface area contributed by atoms with Crippen LogP contribution < -0.4 is 21.1 Å². The minimum Gasteiger partial charge on any atom is -0.457 e. The van der Waals surface area contributed by atoms with Crippen LogP contribution in [-0.2, 0) is 27.3 Å². The molecule has 0 radical (unpaired) electrons. The molecular formula is C38H43N5O4. The summed E-state index contributed by atoms with van der Waals surface area (Å²) < 4.78 is 5.97. The second-order valence-electron chi connectivity index (χ2n) is 12.5. The van der Waals surface area contributed by atoms with Crippen molar-refractivity contribution >= 4 is 28.5 Å². The van der Waals surface area contributed by atoms with Gasteiger partial charge in [-0.2, -0.15) is 0 Å². The van der Waals surface area contributed by atoms with Crippen LogP contribution in [0.3, 0.4) is 0 Å². The van der Waals surface area contributed by atoms with Crippen LogP contribution >= 0.6 is 0 Å². The summed E-state index contributed by atoms with van der Waals surface area (Å²) in [6.07, 6.45) is 2.47. The van der Waals surface area contributed by atoms with Gasteiger partial charge in [-0.05, 0) is 78.0 Å². The van der Waals surface area contributed by atoms with Crippen LogP contribution in [0.5, 0.6) is 11.5 Å². The molecule has 47 heavy (non-hydrogen) atoms. The summed E-state index contributed by atoms with van der Waals surface area (Å²) in [7, 11) is 0. The van der Waals surface area contributed by atoms with Crippen LogP contribution in [0.25, 0.3) is 10.8 Å². The zero-order valence-corrected chi connectivity index (χ0v) is 26.6. The molecule has 0 aliphatic carbocycles. The Morgan fingerprint density at radius 3 is 2.26 bits per heavy atom. The predicted octanol–water partition coefficient (Wildman–Crippen LogP) is 4.25. The summed E-state index contributed by atoms with van der Waals surface area (Å²) in [5.41, 5.74) is 7.62. The topological polar surface area (TPSA) is 117 Å². The van der Waals surface area contributed by atoms with Crippen LogP contribution in [-0.4, -0.2) is 72.3 Å². The highest BCUT2D eigenvalue weighted by atomic mass is 16.5. The molecule has 2 aliphatic heterocycles. The van der Waals surface area contributed by atoms with Crippen molar-refractivity contribution in [1.82, 2.24) is 20.4 Å². The zero-order valence-electron chi connectivity index (χ0n) is 26.6. The molecular weight excluding hydrogens is 590 g/mol. The Labute approximate surface area is 276 Å². The van der Waals surface area contributed by atoms with Crippen LogP contribution in [0.15, 0.2) is 97.1 Å². The fourth-order valence-electron chi connectivity index (χ4n) is 6.56. The third-order valence-electron chi connectivity index (χ3n) is 9.13. The van der Waals surface area contributed by atoms with Crippen molar-refractivity contribution in [2.24, 2.45) is 11.7 Å². The maximum Gasteiger partial charge on any atom is 0.246 e. The second-order valence-corrected chi connectivity index (χ2v) is 12.5. The third kappa shape index (κ3) is 8.17. The fraction of sp³-hybridized carbons (Fsp3) is 0.342. The van der Waals surface area contributed by atoms with E-state index in [4.69, 9.17) is 10.5 Å². The Bertz CT molecular complexity index is 1670. The van der Waals surface area contributed by atoms with Gasteiger partial charge in [0.05, 0.1) is 6.54 Å². The SMILES string of the molecule is NCCC(=O)N(CC1CCNCC1)C[C@H]1C(=O)N[C@@H](Cc2ccc3ccccc3c2)C(=O)N1Cc1ccc(Oc2ccccc2)cc1. The molecule has 6 rings (SSSR count). The Hall–Kier alpha value is -4.73. The first-order chi connectivity index (χ1) is 23.0. The first-order valence-corrected chi connectivity index (χ1v) is 16.6. The predicted molar refractivity (Wildman–Crippen MR) is 183 cm³/mol. The molecule has 4 aromatic rings. The van der Waals surface area contributed by atoms with E-state index < -0.39 is 12.1 Å². The molecule has 4 N–H and O–H groups in total. The molecule has 0 bridgehead atoms. The first-order valence-electron chi connectivity index (χ1n) is 16.6. The van der Waals surface area contributed by atoms with Gasteiger partial charge in [0.15, 0.2) is 0 Å². The number of piperidine rings is 1. The number of hydrogen-bond donors (Lipinski definition) is 3. The average molecular weight is 634 g/mol. The number of piperazine rings is 1. The molecule has 2 fully saturated rings. The van der Waals surface area contributed by atoms with Gasteiger partial charge >= 0.3 is 0 Å². The molecule has 2 atom stereocenters. The van der Waals surface area contributed by atoms with E-state index in [-0.39, 0.29) is 43.8 Å². The lowest BCUT2D eigenvalue weighted by Gasteiger charge is -2.42. The standard InChI is InChI=1S/C38H43N5O4/c39-19-16-36(44)42(24-28-17-20-40-21-18-28)26-35-37(45)41-34(23-29-10-13-30-6-4-5-7-31(30)22-29)38(46)43(35)25-27-11-14-33(15-12-27)47-32-8-2-1-3-9-32/h1-15,22,28,34-35,40H,16-21,23-26,39H2,(H,41,45)/t34-,35-/m0/s1. The monoisotopic (exact) mass is 633 g/mol. The molecule has 2 aliphatic rings. The minimum atomic E-state index is -0.834. The number of benzene rings is 4. The number of carbonyl (C=O) groups excluding carboxylic acids is 3. The summed E-state index contributed by atoms with van der Waals surface area (Å²) >= 11 is 0. The van der Waals surface area contributed by atoms with Gasteiger partial charge in [0, 0.05) is 32.5 Å². The molecule has 0 aromatic heterocycles. The summed E-state index contributed by atoms with van der Waals surface area (Å²) in [6.45, 7) is 2.92. The number of nitrogens with zero attached hydrogens (tertiary/aromatic N) is 2. The van der Waals surface area contributed by atoms with Crippen LogP contribution in [0, 0.1) is 5.92 Å². The summed E-state index contributed by atoms with van der Waals surface area (Å²) in [4.78, 5) is 44.9. The Balaban J connectivity index is 1.25. The largest absolute Gasteiger partial charge is 0.457 e. The quantitative estimate of drug-likeness (QED) is 0.215. The van der Waals surface area contributed by atoms with Crippen LogP contribution in [0.1, 0.15) is 30.4 Å². The van der Waals surface area contributed by atoms with E-state index in [0.29, 0.717) is 24.6 Å². The molecule has 0 unspecified atom stereocenters. The second kappa shape index (κ2) is 15.2. The normalized spacial score (nSPS) is 18.6. The molecule has 0 spiro atoms. The number of carbonyl (C=O) groups is 3. The maximum absolute atomic E-state index is 14.3. The van der Waals surface area contributed by atoms with Crippen molar-refractivity contribution < 1.29 is 19.1 Å². The molecule has 244 valence electrons. The Morgan fingerprint density at radius 1 is 0.830 bits per heavy atom. The zero-order chi connectivity index (χ0) is 32.6. The highest BCUT2D eigenvalue weighted by molar-refractivity contribution is 5.97. The summed E-state index contributed by atoms with van der Waals surface area (Å²) in [6, 6.07) is 29.8. The Morgan fingerprint density at radius 2 is 1.51 bits per heavy atom. The number of ether oxygens (including phenoxy) is 1. The molecule has 9 nitrogen and oxygen atoms in total. The van der Waals surface area contributed by atoms with Gasteiger partial charge in [0.25, 0.3) is 0 Å². The minimum absolute atomic E-state index is 0.0908. The summed E-state index contributed by atoms with van der Waals surface area (Å²) in [5.74, 6) is 1.22. The lowest BCUT2D eigenvalue weighted by Crippen LogP contribution is -2.66. The van der Waals surface area contributed by atoms with E-state index in [9.17, 15) is 14.4 Å². The van der Waals surface area contributed by atoms with Crippen molar-refractivity contribution in [3.05, 3.63) is 108 Å². The van der Waals surface area contributed by atoms with Gasteiger partial charge in [-0.25, -0.2) is 0 Å². The maximum atomic E-state index is 14.3. The lowest BCUT2D eigenvalue weighted by molar-refractivity contribution is -0.152. The molecule has 2 saturated heterocycles. The van der Waals surface area contributed by atoms with Crippen molar-refractivity contribution in [1.29, 1.82) is 0 Å². The van der Waals surface area contributed by atoms with Gasteiger partial charge in [0.2, 0.25) is 17.7 Å². The number of fused-ring (bicyclic) bond motifs is 1. The van der Waals surface area contributed by atoms with E-state index in [0.717, 1.165) is 53.6 Å². The van der Waals surface area contributed by atoms with Crippen molar-refractivity contribution in [2.45, 2.75) is 44.3 Å². The van der Waals surface area contributed by atoms with E-state index >= 15 is 0 Å². The van der Waals surface area contributed by atoms with Gasteiger partial charge < -0.3 is 30.9 Å². The average Bonchev–Trinajstić information content (AvgIpc) is 3.09. The van der Waals surface area contributed by atoms with Crippen LogP contribution in [0.4, 0.5) is 0 Å². The molecule has 9 heteroatoms. The number of para-hydroxylation sites is 1. The van der Waals surface area contributed by atoms with E-state index in [1.807, 2.05) is 84.9 Å². The van der Waals surface area contributed by atoms with Crippen molar-refractivity contribution in [2.75, 3.05) is 32.7 Å². The smallest absolute Gasteiger partial charge is 0.246 e. The molecule has 4 aromatic carbocycles. The van der Waals surface area contributed by atoms with E-state index in [1.165, 1.54) is 0 Å². The third-order valence-corrected chi connectivity index (χ3v) is 9.13. The number of nitrogens with two attached hydrogens (primary N) is 1. The van der Waals surface area contributed by atoms with Gasteiger partial charge in [-0.3, -0.25) is 14.4 Å². The van der Waals surface area contributed by atoms with E-state index in [2.05, 4.69) is 22.8 Å². The molecule has 3 amide bonds. The summed E-state index contributed by atoms with van der Waals surface area (Å²) in [5, 5.41) is 8.60. The van der Waals surface area contributed by atoms with Crippen molar-refractivity contribution in [3.8, 4) is 11.5 Å². The highest BCUT2D eigenvalue weighted by Crippen LogP contribution is 2.25. The van der Waals surface area contributed by atoms with Crippen LogP contribution in [0.2, 0.25) is 0 Å². The highest BCUT2D eigenvalue weighted by Gasteiger charge is 2.42. The van der Waals surface area contributed by atoms with E-state index in [1.54, 1.807) is 9.80 Å². The number of nitrogens with one attached hydrogen (secondary N) is 2. The number of hydrogen-bond acceptors (Lipinski definition) is 6. The number of rotatable bonds is 12. The molecule has 0 saturated carbocycles. The molecule has 2 heterocycles. The Kier molecular flexibility index (Phi) is 10.4. The fourth-order valence-corrected chi connectivity index (χ4v) is 6.56. The lowest BCUT2D eigenvalue weighted by atomic mass is 9.95. The number of amides is 3. The first kappa shape index (κ1) is 32.2. The van der Waals surface area contributed by atoms with Crippen molar-refractivity contribution in [3.63, 3.8) is 0 Å². The van der Waals surface area contributed by atoms with Gasteiger partial charge in [-0.15, -0.1) is 0 Å².